The second-order valence-electron chi connectivity index (χ2n) is 7.31. The molecular formula is C20H29IN4. The molecule has 0 unspecified atom stereocenters. The number of benzene rings is 1. The minimum Gasteiger partial charge on any atom is -0.357 e. The van der Waals surface area contributed by atoms with Crippen LogP contribution in [0.3, 0.4) is 0 Å². The van der Waals surface area contributed by atoms with Crippen LogP contribution in [0.2, 0.25) is 0 Å². The highest BCUT2D eigenvalue weighted by atomic mass is 127. The van der Waals surface area contributed by atoms with E-state index in [4.69, 9.17) is 4.99 Å². The topological polar surface area (TPSA) is 40.5 Å². The maximum absolute atomic E-state index is 4.87. The van der Waals surface area contributed by atoms with Gasteiger partial charge in [-0.15, -0.1) is 24.0 Å². The summed E-state index contributed by atoms with van der Waals surface area (Å²) in [6.07, 6.45) is 4.01. The lowest BCUT2D eigenvalue weighted by Crippen LogP contribution is -2.40. The molecule has 0 bridgehead atoms. The van der Waals surface area contributed by atoms with Gasteiger partial charge in [0.1, 0.15) is 0 Å². The molecule has 1 fully saturated rings. The molecule has 1 aromatic heterocycles. The number of pyridine rings is 1. The quantitative estimate of drug-likeness (QED) is 0.432. The molecule has 0 aliphatic carbocycles. The Morgan fingerprint density at radius 2 is 2.08 bits per heavy atom. The highest BCUT2D eigenvalue weighted by molar-refractivity contribution is 14.0. The Balaban J connectivity index is 0.00000225. The van der Waals surface area contributed by atoms with E-state index in [1.807, 2.05) is 12.3 Å². The summed E-state index contributed by atoms with van der Waals surface area (Å²) >= 11 is 0. The summed E-state index contributed by atoms with van der Waals surface area (Å²) in [7, 11) is 0. The summed E-state index contributed by atoms with van der Waals surface area (Å²) in [5.41, 5.74) is 2.76. The second-order valence-corrected chi connectivity index (χ2v) is 7.31. The number of guanidine groups is 1. The lowest BCUT2D eigenvalue weighted by molar-refractivity contribution is 0.370. The number of fused-ring (bicyclic) bond motifs is 1. The predicted octanol–water partition coefficient (Wildman–Crippen LogP) is 4.09. The molecule has 0 radical (unpaired) electrons. The Hall–Kier alpha value is -1.37. The van der Waals surface area contributed by atoms with Crippen LogP contribution in [0.1, 0.15) is 32.8 Å². The zero-order chi connectivity index (χ0) is 17.0. The highest BCUT2D eigenvalue weighted by Gasteiger charge is 2.30. The Morgan fingerprint density at radius 1 is 1.28 bits per heavy atom. The van der Waals surface area contributed by atoms with Gasteiger partial charge in [0.15, 0.2) is 5.96 Å². The molecule has 1 aliphatic heterocycles. The number of para-hydroxylation sites is 1. The molecule has 136 valence electrons. The van der Waals surface area contributed by atoms with Crippen LogP contribution in [-0.4, -0.2) is 42.0 Å². The molecule has 5 heteroatoms. The predicted molar refractivity (Wildman–Crippen MR) is 117 cm³/mol. The first-order chi connectivity index (χ1) is 11.6. The molecule has 0 amide bonds. The lowest BCUT2D eigenvalue weighted by atomic mass is 9.93. The zero-order valence-corrected chi connectivity index (χ0v) is 17.8. The number of rotatable bonds is 4. The van der Waals surface area contributed by atoms with Gasteiger partial charge >= 0.3 is 0 Å². The summed E-state index contributed by atoms with van der Waals surface area (Å²) < 4.78 is 0. The summed E-state index contributed by atoms with van der Waals surface area (Å²) in [6.45, 7) is 10.7. The van der Waals surface area contributed by atoms with Crippen LogP contribution >= 0.6 is 24.0 Å². The van der Waals surface area contributed by atoms with E-state index in [9.17, 15) is 0 Å². The van der Waals surface area contributed by atoms with Crippen LogP contribution in [0.4, 0.5) is 0 Å². The van der Waals surface area contributed by atoms with Gasteiger partial charge in [0.05, 0.1) is 5.52 Å². The third-order valence-corrected chi connectivity index (χ3v) is 4.67. The molecule has 3 rings (SSSR count). The molecule has 0 spiro atoms. The normalized spacial score (nSPS) is 16.8. The van der Waals surface area contributed by atoms with E-state index >= 15 is 0 Å². The average molecular weight is 452 g/mol. The van der Waals surface area contributed by atoms with Crippen molar-refractivity contribution in [1.82, 2.24) is 15.2 Å². The molecule has 1 N–H and O–H groups in total. The Morgan fingerprint density at radius 3 is 2.80 bits per heavy atom. The standard InChI is InChI=1S/C20H28N4.HI/c1-4-21-19(24-14-11-20(2,3)15-24)23-13-10-17-8-5-7-16-9-6-12-22-18(16)17;/h5-9,12H,4,10-11,13-15H2,1-3H3,(H,21,23);1H. The molecule has 0 saturated carbocycles. The van der Waals surface area contributed by atoms with Crippen molar-refractivity contribution in [2.24, 2.45) is 10.4 Å². The fourth-order valence-corrected chi connectivity index (χ4v) is 3.37. The van der Waals surface area contributed by atoms with Gasteiger partial charge in [-0.05, 0) is 36.8 Å². The minimum absolute atomic E-state index is 0. The van der Waals surface area contributed by atoms with Gasteiger partial charge < -0.3 is 10.2 Å². The minimum atomic E-state index is 0. The van der Waals surface area contributed by atoms with Crippen molar-refractivity contribution in [1.29, 1.82) is 0 Å². The number of aliphatic imine (C=N–C) groups is 1. The lowest BCUT2D eigenvalue weighted by Gasteiger charge is -2.23. The average Bonchev–Trinajstić information content (AvgIpc) is 2.94. The van der Waals surface area contributed by atoms with Crippen LogP contribution in [0.25, 0.3) is 10.9 Å². The van der Waals surface area contributed by atoms with Gasteiger partial charge in [-0.2, -0.15) is 0 Å². The van der Waals surface area contributed by atoms with Crippen molar-refractivity contribution >= 4 is 40.8 Å². The van der Waals surface area contributed by atoms with Crippen LogP contribution in [0, 0.1) is 5.41 Å². The van der Waals surface area contributed by atoms with Crippen molar-refractivity contribution in [3.8, 4) is 0 Å². The monoisotopic (exact) mass is 452 g/mol. The van der Waals surface area contributed by atoms with Gasteiger partial charge in [-0.3, -0.25) is 9.98 Å². The Bertz CT molecular complexity index is 721. The molecule has 2 heterocycles. The van der Waals surface area contributed by atoms with Crippen LogP contribution in [-0.2, 0) is 6.42 Å². The molecule has 0 atom stereocenters. The third kappa shape index (κ3) is 5.06. The first-order valence-electron chi connectivity index (χ1n) is 8.95. The second kappa shape index (κ2) is 8.83. The summed E-state index contributed by atoms with van der Waals surface area (Å²) in [4.78, 5) is 11.8. The van der Waals surface area contributed by atoms with Crippen LogP contribution in [0.5, 0.6) is 0 Å². The first-order valence-corrected chi connectivity index (χ1v) is 8.95. The molecule has 4 nitrogen and oxygen atoms in total. The summed E-state index contributed by atoms with van der Waals surface area (Å²) in [5, 5.41) is 4.65. The molecule has 1 saturated heterocycles. The molecule has 1 aliphatic rings. The number of halogens is 1. The number of hydrogen-bond acceptors (Lipinski definition) is 2. The number of hydrogen-bond donors (Lipinski definition) is 1. The van der Waals surface area contributed by atoms with E-state index in [1.54, 1.807) is 0 Å². The fraction of sp³-hybridized carbons (Fsp3) is 0.500. The van der Waals surface area contributed by atoms with E-state index in [0.29, 0.717) is 5.41 Å². The number of likely N-dealkylation sites (tertiary alicyclic amines) is 1. The van der Waals surface area contributed by atoms with E-state index in [1.165, 1.54) is 17.4 Å². The fourth-order valence-electron chi connectivity index (χ4n) is 3.37. The van der Waals surface area contributed by atoms with Gasteiger partial charge in [0, 0.05) is 37.8 Å². The summed E-state index contributed by atoms with van der Waals surface area (Å²) in [6, 6.07) is 10.5. The molecular weight excluding hydrogens is 423 g/mol. The largest absolute Gasteiger partial charge is 0.357 e. The van der Waals surface area contributed by atoms with Crippen molar-refractivity contribution in [2.75, 3.05) is 26.2 Å². The van der Waals surface area contributed by atoms with E-state index in [-0.39, 0.29) is 24.0 Å². The van der Waals surface area contributed by atoms with E-state index in [2.05, 4.69) is 60.2 Å². The van der Waals surface area contributed by atoms with Gasteiger partial charge in [-0.25, -0.2) is 0 Å². The molecule has 2 aromatic rings. The highest BCUT2D eigenvalue weighted by Crippen LogP contribution is 2.28. The van der Waals surface area contributed by atoms with Gasteiger partial charge in [0.2, 0.25) is 0 Å². The third-order valence-electron chi connectivity index (χ3n) is 4.67. The molecule has 25 heavy (non-hydrogen) atoms. The maximum Gasteiger partial charge on any atom is 0.193 e. The molecule has 1 aromatic carbocycles. The Kier molecular flexibility index (Phi) is 7.04. The number of nitrogens with one attached hydrogen (secondary N) is 1. The number of nitrogens with zero attached hydrogens (tertiary/aromatic N) is 3. The van der Waals surface area contributed by atoms with E-state index < -0.39 is 0 Å². The maximum atomic E-state index is 4.87. The van der Waals surface area contributed by atoms with Gasteiger partial charge in [0.25, 0.3) is 0 Å². The Labute approximate surface area is 168 Å². The zero-order valence-electron chi connectivity index (χ0n) is 15.5. The summed E-state index contributed by atoms with van der Waals surface area (Å²) in [5.74, 6) is 1.05. The number of aromatic nitrogens is 1. The first kappa shape index (κ1) is 19.9. The smallest absolute Gasteiger partial charge is 0.193 e. The van der Waals surface area contributed by atoms with E-state index in [0.717, 1.165) is 44.1 Å². The SMILES string of the molecule is CCNC(=NCCc1cccc2cccnc12)N1CCC(C)(C)C1.I. The van der Waals surface area contributed by atoms with Gasteiger partial charge in [-0.1, -0.05) is 38.1 Å². The van der Waals surface area contributed by atoms with Crippen molar-refractivity contribution in [3.05, 3.63) is 42.1 Å². The van der Waals surface area contributed by atoms with Crippen molar-refractivity contribution < 1.29 is 0 Å². The van der Waals surface area contributed by atoms with Crippen molar-refractivity contribution in [2.45, 2.75) is 33.6 Å². The van der Waals surface area contributed by atoms with Crippen LogP contribution < -0.4 is 5.32 Å². The van der Waals surface area contributed by atoms with Crippen molar-refractivity contribution in [3.63, 3.8) is 0 Å². The van der Waals surface area contributed by atoms with Crippen LogP contribution in [0.15, 0.2) is 41.5 Å².